The molecule has 0 saturated heterocycles. The minimum atomic E-state index is 0.344. The molecule has 1 saturated carbocycles. The van der Waals surface area contributed by atoms with Crippen LogP contribution in [0.4, 0.5) is 0 Å². The number of hydrogen-bond donors (Lipinski definition) is 1. The molecule has 1 unspecified atom stereocenters. The Labute approximate surface area is 92.8 Å². The van der Waals surface area contributed by atoms with Crippen LogP contribution < -0.4 is 5.73 Å². The van der Waals surface area contributed by atoms with Gasteiger partial charge in [-0.3, -0.25) is 0 Å². The van der Waals surface area contributed by atoms with E-state index in [9.17, 15) is 0 Å². The lowest BCUT2D eigenvalue weighted by Gasteiger charge is -2.23. The number of nitrogens with zero attached hydrogens (tertiary/aromatic N) is 1. The molecule has 2 N–H and O–H groups in total. The number of nitrogens with two attached hydrogens (primary N) is 1. The van der Waals surface area contributed by atoms with Gasteiger partial charge in [-0.05, 0) is 25.8 Å². The van der Waals surface area contributed by atoms with Crippen molar-refractivity contribution >= 4 is 17.2 Å². The average Bonchev–Trinajstić information content (AvgIpc) is 2.56. The highest BCUT2D eigenvalue weighted by atomic mass is 32.1. The first-order valence-electron chi connectivity index (χ1n) is 5.57. The van der Waals surface area contributed by atoms with Crippen LogP contribution >= 0.6 is 12.2 Å². The van der Waals surface area contributed by atoms with Crippen LogP contribution in [0.3, 0.4) is 0 Å². The summed E-state index contributed by atoms with van der Waals surface area (Å²) in [5.74, 6) is 1.26. The molecule has 1 aliphatic carbocycles. The zero-order valence-electron chi connectivity index (χ0n) is 9.33. The number of thiocarbonyl (C=S) groups is 1. The van der Waals surface area contributed by atoms with E-state index in [1.165, 1.54) is 32.2 Å². The molecule has 1 aliphatic rings. The van der Waals surface area contributed by atoms with E-state index in [4.69, 9.17) is 18.0 Å². The summed E-state index contributed by atoms with van der Waals surface area (Å²) in [7, 11) is 2.17. The molecule has 0 radical (unpaired) electrons. The maximum atomic E-state index is 5.60. The van der Waals surface area contributed by atoms with E-state index in [1.807, 2.05) is 0 Å². The molecule has 0 spiro atoms. The minimum absolute atomic E-state index is 0.344. The molecular formula is C11H22N2S. The summed E-state index contributed by atoms with van der Waals surface area (Å²) < 4.78 is 0. The van der Waals surface area contributed by atoms with Crippen LogP contribution in [0, 0.1) is 11.8 Å². The van der Waals surface area contributed by atoms with Crippen LogP contribution in [0.25, 0.3) is 0 Å². The van der Waals surface area contributed by atoms with Gasteiger partial charge in [-0.2, -0.15) is 0 Å². The molecule has 0 aromatic heterocycles. The van der Waals surface area contributed by atoms with Crippen molar-refractivity contribution < 1.29 is 0 Å². The second-order valence-corrected chi connectivity index (χ2v) is 5.15. The summed E-state index contributed by atoms with van der Waals surface area (Å²) in [4.78, 5) is 3.02. The Hall–Kier alpha value is -0.150. The van der Waals surface area contributed by atoms with Crippen LogP contribution in [0.15, 0.2) is 0 Å². The van der Waals surface area contributed by atoms with Crippen LogP contribution in [0.1, 0.15) is 32.6 Å². The topological polar surface area (TPSA) is 29.3 Å². The van der Waals surface area contributed by atoms with Gasteiger partial charge in [0.15, 0.2) is 0 Å². The predicted molar refractivity (Wildman–Crippen MR) is 65.4 cm³/mol. The molecule has 1 atom stereocenters. The van der Waals surface area contributed by atoms with Gasteiger partial charge in [0, 0.05) is 19.0 Å². The van der Waals surface area contributed by atoms with E-state index in [0.717, 1.165) is 12.5 Å². The van der Waals surface area contributed by atoms with Gasteiger partial charge >= 0.3 is 0 Å². The molecule has 2 nitrogen and oxygen atoms in total. The summed E-state index contributed by atoms with van der Waals surface area (Å²) in [6, 6.07) is 0. The fourth-order valence-corrected chi connectivity index (χ4v) is 2.34. The number of hydrogen-bond acceptors (Lipinski definition) is 2. The Bertz CT molecular complexity index is 188. The van der Waals surface area contributed by atoms with Crippen molar-refractivity contribution in [3.05, 3.63) is 0 Å². The second-order valence-electron chi connectivity index (χ2n) is 4.68. The second kappa shape index (κ2) is 5.66. The van der Waals surface area contributed by atoms with E-state index in [0.29, 0.717) is 10.9 Å². The summed E-state index contributed by atoms with van der Waals surface area (Å²) in [6.45, 7) is 4.33. The maximum Gasteiger partial charge on any atom is 0.0768 e. The molecule has 0 aromatic rings. The standard InChI is InChI=1S/C11H22N2S/c1-9(11(12)14)7-13(2)8-10-5-3-4-6-10/h9-10H,3-8H2,1-2H3,(H2,12,14). The average molecular weight is 214 g/mol. The summed E-state index contributed by atoms with van der Waals surface area (Å²) in [6.07, 6.45) is 5.66. The Balaban J connectivity index is 2.20. The Morgan fingerprint density at radius 2 is 2.07 bits per heavy atom. The normalized spacial score (nSPS) is 20.2. The van der Waals surface area contributed by atoms with Crippen molar-refractivity contribution in [2.45, 2.75) is 32.6 Å². The van der Waals surface area contributed by atoms with Gasteiger partial charge in [-0.15, -0.1) is 0 Å². The van der Waals surface area contributed by atoms with Gasteiger partial charge in [0.25, 0.3) is 0 Å². The largest absolute Gasteiger partial charge is 0.393 e. The molecule has 82 valence electrons. The molecule has 1 rings (SSSR count). The quantitative estimate of drug-likeness (QED) is 0.710. The molecule has 3 heteroatoms. The molecule has 0 amide bonds. The van der Waals surface area contributed by atoms with Crippen molar-refractivity contribution in [3.63, 3.8) is 0 Å². The van der Waals surface area contributed by atoms with Crippen LogP contribution in [-0.2, 0) is 0 Å². The first kappa shape index (κ1) is 11.9. The fraction of sp³-hybridized carbons (Fsp3) is 0.909. The Morgan fingerprint density at radius 1 is 1.50 bits per heavy atom. The van der Waals surface area contributed by atoms with E-state index < -0.39 is 0 Å². The van der Waals surface area contributed by atoms with Gasteiger partial charge in [0.1, 0.15) is 0 Å². The van der Waals surface area contributed by atoms with Crippen LogP contribution in [-0.4, -0.2) is 30.0 Å². The summed E-state index contributed by atoms with van der Waals surface area (Å²) in [5.41, 5.74) is 5.60. The minimum Gasteiger partial charge on any atom is -0.393 e. The summed E-state index contributed by atoms with van der Waals surface area (Å²) >= 11 is 4.97. The van der Waals surface area contributed by atoms with E-state index >= 15 is 0 Å². The predicted octanol–water partition coefficient (Wildman–Crippen LogP) is 2.03. The first-order chi connectivity index (χ1) is 6.59. The van der Waals surface area contributed by atoms with E-state index in [-0.39, 0.29) is 0 Å². The zero-order valence-corrected chi connectivity index (χ0v) is 10.1. The van der Waals surface area contributed by atoms with Crippen LogP contribution in [0.5, 0.6) is 0 Å². The number of rotatable bonds is 5. The van der Waals surface area contributed by atoms with Gasteiger partial charge in [0.05, 0.1) is 4.99 Å². The van der Waals surface area contributed by atoms with E-state index in [1.54, 1.807) is 0 Å². The Kier molecular flexibility index (Phi) is 4.82. The molecule has 0 heterocycles. The molecule has 0 aromatic carbocycles. The monoisotopic (exact) mass is 214 g/mol. The maximum absolute atomic E-state index is 5.60. The lowest BCUT2D eigenvalue weighted by Crippen LogP contribution is -2.33. The molecular weight excluding hydrogens is 192 g/mol. The van der Waals surface area contributed by atoms with Gasteiger partial charge in [-0.25, -0.2) is 0 Å². The van der Waals surface area contributed by atoms with Crippen LogP contribution in [0.2, 0.25) is 0 Å². The fourth-order valence-electron chi connectivity index (χ4n) is 2.27. The van der Waals surface area contributed by atoms with Gasteiger partial charge in [-0.1, -0.05) is 32.0 Å². The highest BCUT2D eigenvalue weighted by molar-refractivity contribution is 7.80. The van der Waals surface area contributed by atoms with Crippen molar-refractivity contribution in [2.75, 3.05) is 20.1 Å². The van der Waals surface area contributed by atoms with Crippen molar-refractivity contribution in [1.82, 2.24) is 4.90 Å². The lowest BCUT2D eigenvalue weighted by molar-refractivity contribution is 0.265. The highest BCUT2D eigenvalue weighted by Crippen LogP contribution is 2.25. The lowest BCUT2D eigenvalue weighted by atomic mass is 10.1. The summed E-state index contributed by atoms with van der Waals surface area (Å²) in [5, 5.41) is 0. The molecule has 0 aliphatic heterocycles. The third kappa shape index (κ3) is 3.93. The van der Waals surface area contributed by atoms with Crippen molar-refractivity contribution in [1.29, 1.82) is 0 Å². The molecule has 1 fully saturated rings. The van der Waals surface area contributed by atoms with Crippen molar-refractivity contribution in [3.8, 4) is 0 Å². The van der Waals surface area contributed by atoms with Crippen molar-refractivity contribution in [2.24, 2.45) is 17.6 Å². The Morgan fingerprint density at radius 3 is 2.57 bits per heavy atom. The van der Waals surface area contributed by atoms with Gasteiger partial charge < -0.3 is 10.6 Å². The SMILES string of the molecule is CC(CN(C)CC1CCCC1)C(N)=S. The van der Waals surface area contributed by atoms with Gasteiger partial charge in [0.2, 0.25) is 0 Å². The molecule has 0 bridgehead atoms. The molecule has 14 heavy (non-hydrogen) atoms. The van der Waals surface area contributed by atoms with E-state index in [2.05, 4.69) is 18.9 Å². The highest BCUT2D eigenvalue weighted by Gasteiger charge is 2.18. The third-order valence-corrected chi connectivity index (χ3v) is 3.52. The zero-order chi connectivity index (χ0) is 10.6. The smallest absolute Gasteiger partial charge is 0.0768 e. The third-order valence-electron chi connectivity index (χ3n) is 3.12. The first-order valence-corrected chi connectivity index (χ1v) is 5.98.